The molecule has 0 radical (unpaired) electrons. The van der Waals surface area contributed by atoms with Gasteiger partial charge in [-0.2, -0.15) is 0 Å². The molecule has 0 fully saturated rings. The number of furan rings is 1. The summed E-state index contributed by atoms with van der Waals surface area (Å²) in [5.74, 6) is -1.54. The van der Waals surface area contributed by atoms with Gasteiger partial charge in [0.2, 0.25) is 11.7 Å². The number of halogens is 1. The molecule has 100 valence electrons. The predicted octanol–water partition coefficient (Wildman–Crippen LogP) is 2.11. The largest absolute Gasteiger partial charge is 0.475 e. The summed E-state index contributed by atoms with van der Waals surface area (Å²) >= 11 is 3.04. The SMILES string of the molecule is NC(=O)c1ccc(N)cc1.O=C(O)c1cc(Br)co1. The summed E-state index contributed by atoms with van der Waals surface area (Å²) in [6, 6.07) is 7.86. The van der Waals surface area contributed by atoms with Crippen molar-refractivity contribution in [3.63, 3.8) is 0 Å². The van der Waals surface area contributed by atoms with Crippen LogP contribution >= 0.6 is 15.9 Å². The standard InChI is InChI=1S/C7H8N2O.C5H3BrO3/c8-6-3-1-5(2-4-6)7(9)10;6-3-1-4(5(7)8)9-2-3/h1-4H,8H2,(H2,9,10);1-2H,(H,7,8). The fourth-order valence-electron chi connectivity index (χ4n) is 1.07. The highest BCUT2D eigenvalue weighted by Crippen LogP contribution is 2.13. The molecule has 1 aromatic carbocycles. The first-order valence-corrected chi connectivity index (χ1v) is 5.82. The van der Waals surface area contributed by atoms with Crippen molar-refractivity contribution in [3.05, 3.63) is 52.4 Å². The van der Waals surface area contributed by atoms with Crippen LogP contribution < -0.4 is 11.5 Å². The first-order valence-electron chi connectivity index (χ1n) is 5.03. The van der Waals surface area contributed by atoms with Crippen LogP contribution in [0.1, 0.15) is 20.9 Å². The van der Waals surface area contributed by atoms with Crippen LogP contribution in [0.25, 0.3) is 0 Å². The Morgan fingerprint density at radius 3 is 2.11 bits per heavy atom. The molecule has 2 rings (SSSR count). The molecule has 0 aliphatic carbocycles. The third-order valence-corrected chi connectivity index (χ3v) is 2.39. The van der Waals surface area contributed by atoms with Gasteiger partial charge in [-0.1, -0.05) is 0 Å². The number of carboxylic acids is 1. The van der Waals surface area contributed by atoms with E-state index in [0.717, 1.165) is 0 Å². The molecule has 0 unspecified atom stereocenters. The van der Waals surface area contributed by atoms with Crippen LogP contribution in [0.2, 0.25) is 0 Å². The smallest absolute Gasteiger partial charge is 0.371 e. The third-order valence-electron chi connectivity index (χ3n) is 1.97. The summed E-state index contributed by atoms with van der Waals surface area (Å²) in [5, 5.41) is 8.28. The number of primary amides is 1. The number of hydrogen-bond donors (Lipinski definition) is 3. The topological polar surface area (TPSA) is 120 Å². The molecular formula is C12H11BrN2O4. The number of carbonyl (C=O) groups excluding carboxylic acids is 1. The lowest BCUT2D eigenvalue weighted by Gasteiger charge is -1.93. The average Bonchev–Trinajstić information content (AvgIpc) is 2.77. The van der Waals surface area contributed by atoms with Gasteiger partial charge in [-0.25, -0.2) is 4.79 Å². The van der Waals surface area contributed by atoms with Crippen molar-refractivity contribution >= 4 is 33.5 Å². The molecule has 0 bridgehead atoms. The summed E-state index contributed by atoms with van der Waals surface area (Å²) in [4.78, 5) is 20.6. The number of carboxylic acid groups (broad SMARTS) is 1. The maximum absolute atomic E-state index is 10.5. The van der Waals surface area contributed by atoms with Crippen LogP contribution in [-0.2, 0) is 0 Å². The van der Waals surface area contributed by atoms with Gasteiger partial charge in [0.1, 0.15) is 6.26 Å². The summed E-state index contributed by atoms with van der Waals surface area (Å²) in [5.41, 5.74) is 11.5. The van der Waals surface area contributed by atoms with Crippen molar-refractivity contribution in [2.24, 2.45) is 5.73 Å². The van der Waals surface area contributed by atoms with E-state index in [0.29, 0.717) is 15.7 Å². The minimum absolute atomic E-state index is 0.0538. The minimum atomic E-state index is -1.05. The van der Waals surface area contributed by atoms with E-state index in [4.69, 9.17) is 16.6 Å². The van der Waals surface area contributed by atoms with Crippen LogP contribution in [0.4, 0.5) is 5.69 Å². The van der Waals surface area contributed by atoms with Crippen LogP contribution in [0.15, 0.2) is 45.5 Å². The van der Waals surface area contributed by atoms with Gasteiger partial charge in [0.05, 0.1) is 4.47 Å². The Morgan fingerprint density at radius 2 is 1.79 bits per heavy atom. The second-order valence-electron chi connectivity index (χ2n) is 3.42. The first-order chi connectivity index (χ1) is 8.90. The summed E-state index contributed by atoms with van der Waals surface area (Å²) in [7, 11) is 0. The van der Waals surface area contributed by atoms with Crippen molar-refractivity contribution in [2.45, 2.75) is 0 Å². The fraction of sp³-hybridized carbons (Fsp3) is 0. The van der Waals surface area contributed by atoms with E-state index in [9.17, 15) is 9.59 Å². The zero-order valence-electron chi connectivity index (χ0n) is 9.67. The van der Waals surface area contributed by atoms with Gasteiger partial charge >= 0.3 is 5.97 Å². The van der Waals surface area contributed by atoms with Crippen LogP contribution in [0, 0.1) is 0 Å². The van der Waals surface area contributed by atoms with Gasteiger partial charge in [0, 0.05) is 17.3 Å². The van der Waals surface area contributed by atoms with E-state index in [-0.39, 0.29) is 5.76 Å². The summed E-state index contributed by atoms with van der Waals surface area (Å²) in [6.45, 7) is 0. The van der Waals surface area contributed by atoms with E-state index in [1.807, 2.05) is 0 Å². The van der Waals surface area contributed by atoms with Gasteiger partial charge < -0.3 is 21.0 Å². The maximum Gasteiger partial charge on any atom is 0.371 e. The van der Waals surface area contributed by atoms with Crippen molar-refractivity contribution in [2.75, 3.05) is 5.73 Å². The maximum atomic E-state index is 10.5. The highest BCUT2D eigenvalue weighted by molar-refractivity contribution is 9.10. The number of benzene rings is 1. The van der Waals surface area contributed by atoms with Crippen molar-refractivity contribution in [1.29, 1.82) is 0 Å². The number of rotatable bonds is 2. The van der Waals surface area contributed by atoms with Gasteiger partial charge in [-0.05, 0) is 40.2 Å². The number of nitrogen functional groups attached to an aromatic ring is 1. The van der Waals surface area contributed by atoms with Crippen LogP contribution in [0.3, 0.4) is 0 Å². The Kier molecular flexibility index (Phi) is 5.13. The van der Waals surface area contributed by atoms with E-state index >= 15 is 0 Å². The van der Waals surface area contributed by atoms with E-state index < -0.39 is 11.9 Å². The Hall–Kier alpha value is -2.28. The summed E-state index contributed by atoms with van der Waals surface area (Å²) in [6.07, 6.45) is 1.32. The molecule has 19 heavy (non-hydrogen) atoms. The number of carbonyl (C=O) groups is 2. The van der Waals surface area contributed by atoms with E-state index in [1.165, 1.54) is 12.3 Å². The molecule has 0 atom stereocenters. The van der Waals surface area contributed by atoms with Gasteiger partial charge in [0.15, 0.2) is 0 Å². The van der Waals surface area contributed by atoms with E-state index in [1.54, 1.807) is 24.3 Å². The number of hydrogen-bond acceptors (Lipinski definition) is 4. The molecule has 0 aliphatic heterocycles. The Bertz CT molecular complexity index is 578. The van der Waals surface area contributed by atoms with E-state index in [2.05, 4.69) is 20.3 Å². The molecule has 2 aromatic rings. The molecule has 7 heteroatoms. The molecule has 0 aliphatic rings. The molecule has 0 saturated heterocycles. The van der Waals surface area contributed by atoms with Crippen molar-refractivity contribution in [3.8, 4) is 0 Å². The number of anilines is 1. The minimum Gasteiger partial charge on any atom is -0.475 e. The zero-order chi connectivity index (χ0) is 14.4. The monoisotopic (exact) mass is 326 g/mol. The summed E-state index contributed by atoms with van der Waals surface area (Å²) < 4.78 is 5.22. The van der Waals surface area contributed by atoms with Gasteiger partial charge in [-0.15, -0.1) is 0 Å². The Labute approximate surface area is 117 Å². The third kappa shape index (κ3) is 4.84. The van der Waals surface area contributed by atoms with Crippen molar-refractivity contribution < 1.29 is 19.1 Å². The number of nitrogens with two attached hydrogens (primary N) is 2. The molecule has 1 amide bonds. The quantitative estimate of drug-likeness (QED) is 0.730. The van der Waals surface area contributed by atoms with Gasteiger partial charge in [0.25, 0.3) is 0 Å². The Morgan fingerprint density at radius 1 is 1.21 bits per heavy atom. The Balaban J connectivity index is 0.000000191. The second kappa shape index (κ2) is 6.60. The lowest BCUT2D eigenvalue weighted by Crippen LogP contribution is -2.10. The predicted molar refractivity (Wildman–Crippen MR) is 72.7 cm³/mol. The van der Waals surface area contributed by atoms with Crippen molar-refractivity contribution in [1.82, 2.24) is 0 Å². The normalized spacial score (nSPS) is 9.32. The molecule has 1 aromatic heterocycles. The molecule has 0 spiro atoms. The first kappa shape index (κ1) is 14.8. The average molecular weight is 327 g/mol. The molecule has 5 N–H and O–H groups in total. The van der Waals surface area contributed by atoms with Crippen LogP contribution in [0.5, 0.6) is 0 Å². The highest BCUT2D eigenvalue weighted by Gasteiger charge is 2.05. The highest BCUT2D eigenvalue weighted by atomic mass is 79.9. The fourth-order valence-corrected chi connectivity index (χ4v) is 1.37. The zero-order valence-corrected chi connectivity index (χ0v) is 11.3. The second-order valence-corrected chi connectivity index (χ2v) is 4.34. The lowest BCUT2D eigenvalue weighted by molar-refractivity contribution is 0.0662. The number of aromatic carboxylic acids is 1. The lowest BCUT2D eigenvalue weighted by atomic mass is 10.2. The molecular weight excluding hydrogens is 316 g/mol. The van der Waals surface area contributed by atoms with Gasteiger partial charge in [-0.3, -0.25) is 4.79 Å². The molecule has 6 nitrogen and oxygen atoms in total. The molecule has 1 heterocycles. The molecule has 0 saturated carbocycles. The van der Waals surface area contributed by atoms with Crippen LogP contribution in [-0.4, -0.2) is 17.0 Å². The number of amides is 1.